The van der Waals surface area contributed by atoms with Crippen LogP contribution in [0.15, 0.2) is 42.5 Å². The summed E-state index contributed by atoms with van der Waals surface area (Å²) in [4.78, 5) is 13.7. The molecule has 0 fully saturated rings. The molecule has 0 heterocycles. The van der Waals surface area contributed by atoms with Gasteiger partial charge in [0.1, 0.15) is 5.75 Å². The third-order valence-electron chi connectivity index (χ3n) is 2.49. The summed E-state index contributed by atoms with van der Waals surface area (Å²) in [5, 5.41) is 0. The molecule has 1 aromatic carbocycles. The van der Waals surface area contributed by atoms with Gasteiger partial charge < -0.3 is 4.90 Å². The minimum atomic E-state index is -1.12. The van der Waals surface area contributed by atoms with Gasteiger partial charge in [-0.3, -0.25) is 9.00 Å². The third-order valence-corrected chi connectivity index (χ3v) is 3.62. The van der Waals surface area contributed by atoms with E-state index in [2.05, 4.69) is 0 Å². The van der Waals surface area contributed by atoms with Gasteiger partial charge in [0, 0.05) is 28.8 Å². The van der Waals surface area contributed by atoms with Gasteiger partial charge in [-0.1, -0.05) is 30.4 Å². The number of carbonyl (C=O) groups excluding carboxylic acids is 1. The summed E-state index contributed by atoms with van der Waals surface area (Å²) in [7, 11) is -1.12. The number of amides is 1. The second kappa shape index (κ2) is 7.82. The summed E-state index contributed by atoms with van der Waals surface area (Å²) in [6.45, 7) is 4.38. The molecule has 0 aliphatic carbocycles. The highest BCUT2D eigenvalue weighted by Gasteiger charge is 2.15. The Morgan fingerprint density at radius 2 is 2.00 bits per heavy atom. The molecule has 3 nitrogen and oxygen atoms in total. The highest BCUT2D eigenvalue weighted by Crippen LogP contribution is 2.13. The van der Waals surface area contributed by atoms with Crippen LogP contribution in [0.1, 0.15) is 13.8 Å². The molecule has 1 unspecified atom stereocenters. The molecule has 0 aliphatic rings. The lowest BCUT2D eigenvalue weighted by Gasteiger charge is -2.20. The summed E-state index contributed by atoms with van der Waals surface area (Å²) in [6, 6.07) is 9.46. The molecule has 0 N–H and O–H groups in total. The molecule has 0 saturated heterocycles. The van der Waals surface area contributed by atoms with Crippen LogP contribution in [0.4, 0.5) is 5.69 Å². The zero-order chi connectivity index (χ0) is 13.4. The number of hydrogen-bond acceptors (Lipinski definition) is 2. The van der Waals surface area contributed by atoms with Crippen LogP contribution >= 0.6 is 0 Å². The fourth-order valence-corrected chi connectivity index (χ4v) is 2.55. The van der Waals surface area contributed by atoms with Gasteiger partial charge in [-0.15, -0.1) is 0 Å². The Labute approximate surface area is 111 Å². The summed E-state index contributed by atoms with van der Waals surface area (Å²) in [5.41, 5.74) is 0.855. The van der Waals surface area contributed by atoms with Crippen molar-refractivity contribution in [2.75, 3.05) is 23.0 Å². The van der Waals surface area contributed by atoms with Crippen molar-refractivity contribution < 1.29 is 9.00 Å². The molecule has 1 rings (SSSR count). The summed E-state index contributed by atoms with van der Waals surface area (Å²) >= 11 is 0. The van der Waals surface area contributed by atoms with Crippen LogP contribution in [0.25, 0.3) is 0 Å². The molecule has 98 valence electrons. The molecular weight excluding hydrogens is 246 g/mol. The molecule has 18 heavy (non-hydrogen) atoms. The predicted molar refractivity (Wildman–Crippen MR) is 77.2 cm³/mol. The number of para-hydroxylation sites is 1. The molecule has 0 spiro atoms. The molecule has 1 aromatic rings. The highest BCUT2D eigenvalue weighted by atomic mass is 32.2. The first-order valence-corrected chi connectivity index (χ1v) is 7.49. The SMILES string of the molecule is CC=CCS(=O)CC(=O)N(CC)c1ccccc1. The van der Waals surface area contributed by atoms with Crippen molar-refractivity contribution in [3.8, 4) is 0 Å². The molecule has 1 amide bonds. The first-order valence-electron chi connectivity index (χ1n) is 6.00. The maximum Gasteiger partial charge on any atom is 0.239 e. The fourth-order valence-electron chi connectivity index (χ4n) is 1.59. The van der Waals surface area contributed by atoms with Crippen LogP contribution < -0.4 is 4.90 Å². The Morgan fingerprint density at radius 3 is 2.56 bits per heavy atom. The Morgan fingerprint density at radius 1 is 1.33 bits per heavy atom. The van der Waals surface area contributed by atoms with Gasteiger partial charge in [-0.25, -0.2) is 0 Å². The van der Waals surface area contributed by atoms with Crippen molar-refractivity contribution in [1.29, 1.82) is 0 Å². The van der Waals surface area contributed by atoms with E-state index in [-0.39, 0.29) is 11.7 Å². The number of anilines is 1. The highest BCUT2D eigenvalue weighted by molar-refractivity contribution is 7.85. The summed E-state index contributed by atoms with van der Waals surface area (Å²) < 4.78 is 11.7. The van der Waals surface area contributed by atoms with Crippen molar-refractivity contribution in [3.63, 3.8) is 0 Å². The van der Waals surface area contributed by atoms with Gasteiger partial charge in [0.25, 0.3) is 0 Å². The maximum absolute atomic E-state index is 12.1. The topological polar surface area (TPSA) is 37.4 Å². The quantitative estimate of drug-likeness (QED) is 0.740. The molecule has 1 atom stereocenters. The van der Waals surface area contributed by atoms with Gasteiger partial charge in [-0.2, -0.15) is 0 Å². The number of benzene rings is 1. The number of allylic oxidation sites excluding steroid dienone is 1. The van der Waals surface area contributed by atoms with Crippen LogP contribution in [0, 0.1) is 0 Å². The molecule has 0 aliphatic heterocycles. The van der Waals surface area contributed by atoms with Crippen LogP contribution in [0.5, 0.6) is 0 Å². The standard InChI is InChI=1S/C14H19NO2S/c1-3-5-11-18(17)12-14(16)15(4-2)13-9-7-6-8-10-13/h3,5-10H,4,11-12H2,1-2H3. The van der Waals surface area contributed by atoms with Crippen LogP contribution in [0.2, 0.25) is 0 Å². The normalized spacial score (nSPS) is 12.6. The largest absolute Gasteiger partial charge is 0.312 e. The van der Waals surface area contributed by atoms with Crippen LogP contribution in [-0.2, 0) is 15.6 Å². The van der Waals surface area contributed by atoms with E-state index in [1.54, 1.807) is 4.90 Å². The van der Waals surface area contributed by atoms with Gasteiger partial charge in [0.2, 0.25) is 5.91 Å². The molecule has 0 bridgehead atoms. The van der Waals surface area contributed by atoms with E-state index in [1.807, 2.05) is 56.3 Å². The number of nitrogens with zero attached hydrogens (tertiary/aromatic N) is 1. The van der Waals surface area contributed by atoms with Gasteiger partial charge >= 0.3 is 0 Å². The lowest BCUT2D eigenvalue weighted by Crippen LogP contribution is -2.34. The Bertz CT molecular complexity index is 429. The Kier molecular flexibility index (Phi) is 6.36. The lowest BCUT2D eigenvalue weighted by atomic mass is 10.3. The second-order valence-electron chi connectivity index (χ2n) is 3.79. The van der Waals surface area contributed by atoms with Crippen molar-refractivity contribution in [3.05, 3.63) is 42.5 Å². The van der Waals surface area contributed by atoms with Crippen LogP contribution in [-0.4, -0.2) is 28.2 Å². The van der Waals surface area contributed by atoms with Gasteiger partial charge in [0.15, 0.2) is 0 Å². The first kappa shape index (κ1) is 14.6. The Hall–Kier alpha value is -1.42. The monoisotopic (exact) mass is 265 g/mol. The van der Waals surface area contributed by atoms with Crippen molar-refractivity contribution in [2.24, 2.45) is 0 Å². The number of rotatable bonds is 6. The minimum absolute atomic E-state index is 0.0765. The number of carbonyl (C=O) groups is 1. The molecule has 4 heteroatoms. The Balaban J connectivity index is 2.66. The van der Waals surface area contributed by atoms with E-state index in [0.29, 0.717) is 12.3 Å². The molecule has 0 radical (unpaired) electrons. The molecular formula is C14H19NO2S. The number of hydrogen-bond donors (Lipinski definition) is 0. The average molecular weight is 265 g/mol. The van der Waals surface area contributed by atoms with E-state index >= 15 is 0 Å². The molecule has 0 saturated carbocycles. The summed E-state index contributed by atoms with van der Waals surface area (Å²) in [5.74, 6) is 0.424. The minimum Gasteiger partial charge on any atom is -0.312 e. The van der Waals surface area contributed by atoms with Crippen molar-refractivity contribution in [1.82, 2.24) is 0 Å². The average Bonchev–Trinajstić information content (AvgIpc) is 2.38. The van der Waals surface area contributed by atoms with E-state index < -0.39 is 10.8 Å². The zero-order valence-electron chi connectivity index (χ0n) is 10.8. The van der Waals surface area contributed by atoms with E-state index in [1.165, 1.54) is 0 Å². The smallest absolute Gasteiger partial charge is 0.239 e. The maximum atomic E-state index is 12.1. The molecule has 0 aromatic heterocycles. The fraction of sp³-hybridized carbons (Fsp3) is 0.357. The van der Waals surface area contributed by atoms with E-state index in [4.69, 9.17) is 0 Å². The van der Waals surface area contributed by atoms with Crippen molar-refractivity contribution >= 4 is 22.4 Å². The predicted octanol–water partition coefficient (Wildman–Crippen LogP) is 2.36. The summed E-state index contributed by atoms with van der Waals surface area (Å²) in [6.07, 6.45) is 3.67. The van der Waals surface area contributed by atoms with Gasteiger partial charge in [0.05, 0.1) is 0 Å². The van der Waals surface area contributed by atoms with Gasteiger partial charge in [-0.05, 0) is 26.0 Å². The van der Waals surface area contributed by atoms with Crippen molar-refractivity contribution in [2.45, 2.75) is 13.8 Å². The van der Waals surface area contributed by atoms with E-state index in [9.17, 15) is 9.00 Å². The second-order valence-corrected chi connectivity index (χ2v) is 5.30. The first-order chi connectivity index (χ1) is 8.69. The lowest BCUT2D eigenvalue weighted by molar-refractivity contribution is -0.116. The third kappa shape index (κ3) is 4.45. The van der Waals surface area contributed by atoms with E-state index in [0.717, 1.165) is 5.69 Å². The zero-order valence-corrected chi connectivity index (χ0v) is 11.7. The van der Waals surface area contributed by atoms with Crippen LogP contribution in [0.3, 0.4) is 0 Å².